The zero-order valence-corrected chi connectivity index (χ0v) is 24.4. The Morgan fingerprint density at radius 2 is 1.26 bits per heavy atom. The number of hydrogen-bond acceptors (Lipinski definition) is 6. The van der Waals surface area contributed by atoms with E-state index in [4.69, 9.17) is 15.0 Å². The highest BCUT2D eigenvalue weighted by Gasteiger charge is 2.38. The molecule has 5 rings (SSSR count). The Morgan fingerprint density at radius 1 is 0.690 bits per heavy atom. The van der Waals surface area contributed by atoms with Gasteiger partial charge in [-0.15, -0.1) is 0 Å². The molecule has 0 aliphatic carbocycles. The van der Waals surface area contributed by atoms with Crippen LogP contribution in [0.5, 0.6) is 0 Å². The molecule has 0 aromatic carbocycles. The highest BCUT2D eigenvalue weighted by atomic mass is 14.9. The molecule has 2 aliphatic rings. The Balaban J connectivity index is 1.49. The zero-order chi connectivity index (χ0) is 29.2. The van der Waals surface area contributed by atoms with E-state index in [9.17, 15) is 10.5 Å². The third-order valence-corrected chi connectivity index (χ3v) is 8.19. The number of nitrogens with one attached hydrogen (secondary N) is 1. The molecule has 1 atom stereocenters. The first-order valence-electron chi connectivity index (χ1n) is 15.3. The maximum absolute atomic E-state index is 10.9. The molecule has 1 unspecified atom stereocenters. The van der Waals surface area contributed by atoms with E-state index in [2.05, 4.69) is 24.4 Å². The minimum absolute atomic E-state index is 0.440. The molecule has 42 heavy (non-hydrogen) atoms. The van der Waals surface area contributed by atoms with E-state index in [0.717, 1.165) is 18.5 Å². The van der Waals surface area contributed by atoms with Crippen LogP contribution in [0.15, 0.2) is 78.5 Å². The summed E-state index contributed by atoms with van der Waals surface area (Å²) in [7, 11) is 0. The molecule has 5 heterocycles. The van der Waals surface area contributed by atoms with Gasteiger partial charge in [-0.1, -0.05) is 95.4 Å². The topological polar surface area (TPSA) is 98.3 Å². The summed E-state index contributed by atoms with van der Waals surface area (Å²) >= 11 is 0. The zero-order valence-electron chi connectivity index (χ0n) is 24.4. The fourth-order valence-electron chi connectivity index (χ4n) is 5.81. The molecule has 212 valence electrons. The lowest BCUT2D eigenvalue weighted by molar-refractivity contribution is 0.494. The average Bonchev–Trinajstić information content (AvgIpc) is 3.04. The molecule has 8 bridgehead atoms. The van der Waals surface area contributed by atoms with E-state index in [0.29, 0.717) is 51.9 Å². The Kier molecular flexibility index (Phi) is 9.57. The number of pyridine rings is 3. The monoisotopic (exact) mass is 554 g/mol. The van der Waals surface area contributed by atoms with Gasteiger partial charge in [-0.05, 0) is 55.0 Å². The van der Waals surface area contributed by atoms with Crippen molar-refractivity contribution in [2.45, 2.75) is 83.0 Å². The molecule has 6 heteroatoms. The smallest absolute Gasteiger partial charge is 0.141 e. The van der Waals surface area contributed by atoms with Crippen molar-refractivity contribution in [3.63, 3.8) is 0 Å². The van der Waals surface area contributed by atoms with Crippen LogP contribution in [0.25, 0.3) is 22.7 Å². The molecular weight excluding hydrogens is 516 g/mol. The molecule has 2 aliphatic heterocycles. The fourth-order valence-corrected chi connectivity index (χ4v) is 5.81. The molecular formula is C36H38N6. The molecule has 0 radical (unpaired) electrons. The summed E-state index contributed by atoms with van der Waals surface area (Å²) in [5.74, 6) is 0. The van der Waals surface area contributed by atoms with Crippen LogP contribution in [0.1, 0.15) is 100 Å². The summed E-state index contributed by atoms with van der Waals surface area (Å²) in [5, 5.41) is 24.4. The van der Waals surface area contributed by atoms with Gasteiger partial charge in [0.15, 0.2) is 0 Å². The maximum atomic E-state index is 10.9. The van der Waals surface area contributed by atoms with Gasteiger partial charge in [-0.2, -0.15) is 10.5 Å². The van der Waals surface area contributed by atoms with Gasteiger partial charge in [0, 0.05) is 0 Å². The molecule has 0 fully saturated rings. The summed E-state index contributed by atoms with van der Waals surface area (Å²) in [6.07, 6.45) is 18.7. The highest BCUT2D eigenvalue weighted by molar-refractivity contribution is 5.83. The van der Waals surface area contributed by atoms with Crippen LogP contribution >= 0.6 is 0 Å². The second-order valence-corrected chi connectivity index (χ2v) is 11.1. The Bertz CT molecular complexity index is 1580. The van der Waals surface area contributed by atoms with Gasteiger partial charge in [0.25, 0.3) is 0 Å². The average molecular weight is 555 g/mol. The summed E-state index contributed by atoms with van der Waals surface area (Å²) < 4.78 is 0. The number of dihydropyridines is 1. The van der Waals surface area contributed by atoms with Gasteiger partial charge in [0.1, 0.15) is 17.1 Å². The first-order chi connectivity index (χ1) is 20.7. The second kappa shape index (κ2) is 13.9. The van der Waals surface area contributed by atoms with Crippen LogP contribution in [0.4, 0.5) is 0 Å². The summed E-state index contributed by atoms with van der Waals surface area (Å²) in [5.41, 5.74) is 4.81. The van der Waals surface area contributed by atoms with Crippen molar-refractivity contribution in [2.75, 3.05) is 0 Å². The number of aromatic nitrogens is 3. The molecule has 3 aromatic rings. The van der Waals surface area contributed by atoms with E-state index < -0.39 is 5.41 Å². The summed E-state index contributed by atoms with van der Waals surface area (Å²) in [6.45, 7) is 2.25. The van der Waals surface area contributed by atoms with Crippen molar-refractivity contribution in [3.8, 4) is 23.5 Å². The minimum Gasteiger partial charge on any atom is -0.353 e. The molecule has 0 spiro atoms. The molecule has 0 saturated carbocycles. The first-order valence-corrected chi connectivity index (χ1v) is 15.3. The Hall–Kier alpha value is -4.55. The van der Waals surface area contributed by atoms with E-state index in [1.165, 1.54) is 51.4 Å². The molecule has 0 saturated heterocycles. The number of allylic oxidation sites excluding steroid dienone is 4. The van der Waals surface area contributed by atoms with Crippen LogP contribution in [0.2, 0.25) is 0 Å². The van der Waals surface area contributed by atoms with Crippen LogP contribution < -0.4 is 5.32 Å². The Labute approximate surface area is 249 Å². The minimum atomic E-state index is -1.00. The summed E-state index contributed by atoms with van der Waals surface area (Å²) in [6, 6.07) is 22.2. The summed E-state index contributed by atoms with van der Waals surface area (Å²) in [4.78, 5) is 14.9. The fraction of sp³-hybridized carbons (Fsp3) is 0.361. The first kappa shape index (κ1) is 29.0. The third kappa shape index (κ3) is 6.34. The van der Waals surface area contributed by atoms with Gasteiger partial charge < -0.3 is 5.32 Å². The standard InChI is InChI=1S/C36H38N6/c1-2-3-4-5-6-7-8-9-10-11-24-36(26-38)34-22-14-20-32(41-34)30-18-12-16-28(39-30)27(25-37)29-17-13-19-31(40-29)33-21-15-23-35(36)42-33/h12-23,39H,2-11,24H2,1H3/b28-27-. The van der Waals surface area contributed by atoms with Gasteiger partial charge in [0.2, 0.25) is 0 Å². The SMILES string of the molecule is CCCCCCCCCCCCC1(C#N)c2cccc(n2)C2=CC=C/C(=C(\C#N)c3cccc(n3)-c3cccc1n3)N2. The highest BCUT2D eigenvalue weighted by Crippen LogP contribution is 2.37. The number of rotatable bonds is 11. The maximum Gasteiger partial charge on any atom is 0.141 e. The predicted octanol–water partition coefficient (Wildman–Crippen LogP) is 8.41. The van der Waals surface area contributed by atoms with Gasteiger partial charge in [0.05, 0.1) is 51.6 Å². The van der Waals surface area contributed by atoms with Crippen molar-refractivity contribution >= 4 is 11.3 Å². The normalized spacial score (nSPS) is 18.7. The van der Waals surface area contributed by atoms with E-state index in [-0.39, 0.29) is 0 Å². The lowest BCUT2D eigenvalue weighted by Crippen LogP contribution is -2.29. The van der Waals surface area contributed by atoms with Gasteiger partial charge in [-0.3, -0.25) is 0 Å². The van der Waals surface area contributed by atoms with E-state index in [1.54, 1.807) is 0 Å². The van der Waals surface area contributed by atoms with Crippen molar-refractivity contribution in [3.05, 3.63) is 101 Å². The van der Waals surface area contributed by atoms with Crippen LogP contribution in [-0.4, -0.2) is 15.0 Å². The van der Waals surface area contributed by atoms with E-state index >= 15 is 0 Å². The van der Waals surface area contributed by atoms with Crippen LogP contribution in [0, 0.1) is 22.7 Å². The van der Waals surface area contributed by atoms with Gasteiger partial charge in [-0.25, -0.2) is 15.0 Å². The lowest BCUT2D eigenvalue weighted by Gasteiger charge is -2.27. The van der Waals surface area contributed by atoms with Crippen molar-refractivity contribution in [2.24, 2.45) is 0 Å². The number of unbranched alkanes of at least 4 members (excludes halogenated alkanes) is 9. The van der Waals surface area contributed by atoms with Crippen LogP contribution in [-0.2, 0) is 5.41 Å². The van der Waals surface area contributed by atoms with Crippen molar-refractivity contribution in [1.82, 2.24) is 20.3 Å². The van der Waals surface area contributed by atoms with Crippen LogP contribution in [0.3, 0.4) is 0 Å². The van der Waals surface area contributed by atoms with Gasteiger partial charge >= 0.3 is 0 Å². The molecule has 1 N–H and O–H groups in total. The van der Waals surface area contributed by atoms with Crippen molar-refractivity contribution in [1.29, 1.82) is 10.5 Å². The molecule has 6 nitrogen and oxygen atoms in total. The lowest BCUT2D eigenvalue weighted by atomic mass is 9.76. The number of nitriles is 2. The largest absolute Gasteiger partial charge is 0.353 e. The second-order valence-electron chi connectivity index (χ2n) is 11.1. The molecule has 0 amide bonds. The number of hydrogen-bond donors (Lipinski definition) is 1. The third-order valence-electron chi connectivity index (χ3n) is 8.19. The van der Waals surface area contributed by atoms with Crippen molar-refractivity contribution < 1.29 is 0 Å². The Morgan fingerprint density at radius 3 is 1.93 bits per heavy atom. The predicted molar refractivity (Wildman–Crippen MR) is 167 cm³/mol. The van der Waals surface area contributed by atoms with E-state index in [1.807, 2.05) is 72.8 Å². The quantitative estimate of drug-likeness (QED) is 0.239. The molecule has 3 aromatic heterocycles. The number of nitrogens with zero attached hydrogens (tertiary/aromatic N) is 5. The number of fused-ring (bicyclic) bond motifs is 10.